The quantitative estimate of drug-likeness (QED) is 0.512. The Hall–Kier alpha value is -2.12. The van der Waals surface area contributed by atoms with Gasteiger partial charge in [-0.15, -0.1) is 0 Å². The Balaban J connectivity index is 2.52. The third kappa shape index (κ3) is 6.11. The van der Waals surface area contributed by atoms with Crippen molar-refractivity contribution in [2.75, 3.05) is 14.2 Å². The minimum atomic E-state index is -0.611. The van der Waals surface area contributed by atoms with Gasteiger partial charge in [-0.25, -0.2) is 0 Å². The van der Waals surface area contributed by atoms with Crippen LogP contribution in [0.1, 0.15) is 38.5 Å². The molecule has 8 nitrogen and oxygen atoms in total. The summed E-state index contributed by atoms with van der Waals surface area (Å²) in [5, 5.41) is 5.47. The Bertz CT molecular complexity index is 397. The molecule has 0 aromatic rings. The van der Waals surface area contributed by atoms with Gasteiger partial charge in [0, 0.05) is 12.1 Å². The molecule has 0 heterocycles. The van der Waals surface area contributed by atoms with Crippen LogP contribution in [0.25, 0.3) is 0 Å². The molecule has 0 bridgehead atoms. The SMILES string of the molecule is COC(=O)CC(=O)NC1CCCCC1NC(=O)CC(=O)OC. The van der Waals surface area contributed by atoms with Gasteiger partial charge >= 0.3 is 11.9 Å². The largest absolute Gasteiger partial charge is 0.469 e. The molecule has 0 saturated heterocycles. The molecule has 0 aliphatic heterocycles. The molecule has 22 heavy (non-hydrogen) atoms. The highest BCUT2D eigenvalue weighted by Crippen LogP contribution is 2.19. The van der Waals surface area contributed by atoms with Crippen LogP contribution in [0.2, 0.25) is 0 Å². The normalized spacial score (nSPS) is 20.6. The molecule has 0 spiro atoms. The molecular weight excluding hydrogens is 292 g/mol. The second-order valence-corrected chi connectivity index (χ2v) is 5.14. The van der Waals surface area contributed by atoms with Gasteiger partial charge in [-0.3, -0.25) is 19.2 Å². The summed E-state index contributed by atoms with van der Waals surface area (Å²) in [5.41, 5.74) is 0. The van der Waals surface area contributed by atoms with E-state index in [0.717, 1.165) is 12.8 Å². The summed E-state index contributed by atoms with van der Waals surface area (Å²) >= 11 is 0. The molecule has 2 amide bonds. The maximum atomic E-state index is 11.7. The molecule has 2 unspecified atom stereocenters. The summed E-state index contributed by atoms with van der Waals surface area (Å²) in [7, 11) is 2.43. The van der Waals surface area contributed by atoms with Gasteiger partial charge in [0.15, 0.2) is 0 Å². The standard InChI is InChI=1S/C14H22N2O6/c1-21-13(19)7-11(17)15-9-5-3-4-6-10(9)16-12(18)8-14(20)22-2/h9-10H,3-8H2,1-2H3,(H,15,17)(H,16,18). The topological polar surface area (TPSA) is 111 Å². The van der Waals surface area contributed by atoms with Crippen molar-refractivity contribution in [3.63, 3.8) is 0 Å². The number of rotatable bonds is 6. The third-order valence-electron chi connectivity index (χ3n) is 3.52. The number of carbonyl (C=O) groups is 4. The highest BCUT2D eigenvalue weighted by atomic mass is 16.5. The number of ether oxygens (including phenoxy) is 2. The van der Waals surface area contributed by atoms with E-state index in [1.165, 1.54) is 14.2 Å². The summed E-state index contributed by atoms with van der Waals surface area (Å²) in [6, 6.07) is -0.514. The van der Waals surface area contributed by atoms with Crippen molar-refractivity contribution in [1.29, 1.82) is 0 Å². The Morgan fingerprint density at radius 3 is 1.50 bits per heavy atom. The lowest BCUT2D eigenvalue weighted by Crippen LogP contribution is -2.53. The maximum absolute atomic E-state index is 11.7. The molecule has 1 saturated carbocycles. The molecule has 1 rings (SSSR count). The predicted molar refractivity (Wildman–Crippen MR) is 75.6 cm³/mol. The molecule has 0 aromatic heterocycles. The van der Waals surface area contributed by atoms with Crippen molar-refractivity contribution in [1.82, 2.24) is 10.6 Å². The van der Waals surface area contributed by atoms with Gasteiger partial charge < -0.3 is 20.1 Å². The van der Waals surface area contributed by atoms with Crippen LogP contribution in [-0.2, 0) is 28.7 Å². The fourth-order valence-corrected chi connectivity index (χ4v) is 2.40. The summed E-state index contributed by atoms with van der Waals surface area (Å²) in [5.74, 6) is -2.10. The number of methoxy groups -OCH3 is 2. The maximum Gasteiger partial charge on any atom is 0.315 e. The highest BCUT2D eigenvalue weighted by molar-refractivity contribution is 5.95. The van der Waals surface area contributed by atoms with Crippen molar-refractivity contribution >= 4 is 23.8 Å². The van der Waals surface area contributed by atoms with E-state index in [9.17, 15) is 19.2 Å². The molecular formula is C14H22N2O6. The van der Waals surface area contributed by atoms with E-state index in [-0.39, 0.29) is 24.9 Å². The third-order valence-corrected chi connectivity index (χ3v) is 3.52. The van der Waals surface area contributed by atoms with E-state index >= 15 is 0 Å². The van der Waals surface area contributed by atoms with Gasteiger partial charge in [-0.2, -0.15) is 0 Å². The van der Waals surface area contributed by atoms with Crippen LogP contribution in [0, 0.1) is 0 Å². The lowest BCUT2D eigenvalue weighted by Gasteiger charge is -2.32. The van der Waals surface area contributed by atoms with Gasteiger partial charge in [0.2, 0.25) is 11.8 Å². The Labute approximate surface area is 128 Å². The monoisotopic (exact) mass is 314 g/mol. The summed E-state index contributed by atoms with van der Waals surface area (Å²) in [6.07, 6.45) is 2.55. The zero-order valence-corrected chi connectivity index (χ0v) is 12.8. The van der Waals surface area contributed by atoms with Crippen molar-refractivity contribution < 1.29 is 28.7 Å². The Morgan fingerprint density at radius 1 is 0.818 bits per heavy atom. The van der Waals surface area contributed by atoms with Gasteiger partial charge in [0.05, 0.1) is 14.2 Å². The van der Waals surface area contributed by atoms with E-state index in [2.05, 4.69) is 20.1 Å². The van der Waals surface area contributed by atoms with Gasteiger partial charge in [-0.05, 0) is 12.8 Å². The van der Waals surface area contributed by atoms with Crippen LogP contribution in [-0.4, -0.2) is 50.1 Å². The number of hydrogen-bond donors (Lipinski definition) is 2. The molecule has 1 aliphatic rings. The van der Waals surface area contributed by atoms with E-state index in [1.54, 1.807) is 0 Å². The molecule has 124 valence electrons. The Kier molecular flexibility index (Phi) is 7.34. The van der Waals surface area contributed by atoms with Crippen LogP contribution in [0.5, 0.6) is 0 Å². The zero-order chi connectivity index (χ0) is 16.5. The van der Waals surface area contributed by atoms with Gasteiger partial charge in [0.1, 0.15) is 12.8 Å². The van der Waals surface area contributed by atoms with Crippen molar-refractivity contribution in [3.05, 3.63) is 0 Å². The molecule has 1 fully saturated rings. The minimum Gasteiger partial charge on any atom is -0.469 e. The van der Waals surface area contributed by atoms with E-state index in [4.69, 9.17) is 0 Å². The van der Waals surface area contributed by atoms with Crippen molar-refractivity contribution in [2.24, 2.45) is 0 Å². The first kappa shape index (κ1) is 17.9. The van der Waals surface area contributed by atoms with Gasteiger partial charge in [0.25, 0.3) is 0 Å². The second-order valence-electron chi connectivity index (χ2n) is 5.14. The molecule has 8 heteroatoms. The van der Waals surface area contributed by atoms with E-state index in [1.807, 2.05) is 0 Å². The smallest absolute Gasteiger partial charge is 0.315 e. The lowest BCUT2D eigenvalue weighted by molar-refractivity contribution is -0.146. The molecule has 2 N–H and O–H groups in total. The number of esters is 2. The average Bonchev–Trinajstić information content (AvgIpc) is 2.48. The first-order chi connectivity index (χ1) is 10.5. The number of amides is 2. The highest BCUT2D eigenvalue weighted by Gasteiger charge is 2.28. The molecule has 1 aliphatic carbocycles. The first-order valence-electron chi connectivity index (χ1n) is 7.18. The molecule has 0 aromatic carbocycles. The van der Waals surface area contributed by atoms with Crippen LogP contribution >= 0.6 is 0 Å². The van der Waals surface area contributed by atoms with Crippen LogP contribution in [0.3, 0.4) is 0 Å². The fraction of sp³-hybridized carbons (Fsp3) is 0.714. The summed E-state index contributed by atoms with van der Waals surface area (Å²) < 4.78 is 8.87. The Morgan fingerprint density at radius 2 is 1.18 bits per heavy atom. The average molecular weight is 314 g/mol. The molecule has 2 atom stereocenters. The van der Waals surface area contributed by atoms with Crippen LogP contribution in [0.15, 0.2) is 0 Å². The fourth-order valence-electron chi connectivity index (χ4n) is 2.40. The van der Waals surface area contributed by atoms with Crippen LogP contribution < -0.4 is 10.6 Å². The predicted octanol–water partition coefficient (Wildman–Crippen LogP) is -0.344. The van der Waals surface area contributed by atoms with Crippen LogP contribution in [0.4, 0.5) is 0 Å². The van der Waals surface area contributed by atoms with Crippen molar-refractivity contribution in [3.8, 4) is 0 Å². The second kappa shape index (κ2) is 9.01. The van der Waals surface area contributed by atoms with Gasteiger partial charge in [-0.1, -0.05) is 12.8 Å². The summed E-state index contributed by atoms with van der Waals surface area (Å²) in [4.78, 5) is 45.6. The number of hydrogen-bond acceptors (Lipinski definition) is 6. The molecule has 0 radical (unpaired) electrons. The van der Waals surface area contributed by atoms with E-state index in [0.29, 0.717) is 12.8 Å². The van der Waals surface area contributed by atoms with Crippen molar-refractivity contribution in [2.45, 2.75) is 50.6 Å². The number of carbonyl (C=O) groups excluding carboxylic acids is 4. The van der Waals surface area contributed by atoms with E-state index < -0.39 is 23.8 Å². The lowest BCUT2D eigenvalue weighted by atomic mass is 9.90. The zero-order valence-electron chi connectivity index (χ0n) is 12.8. The minimum absolute atomic E-state index is 0.257. The number of nitrogens with one attached hydrogen (secondary N) is 2. The summed E-state index contributed by atoms with van der Waals surface area (Å²) in [6.45, 7) is 0. The first-order valence-corrected chi connectivity index (χ1v) is 7.18.